The van der Waals surface area contributed by atoms with Crippen LogP contribution in [0.3, 0.4) is 0 Å². The van der Waals surface area contributed by atoms with Crippen LogP contribution in [-0.2, 0) is 0 Å². The van der Waals surface area contributed by atoms with Crippen LogP contribution in [0.1, 0.15) is 43.9 Å². The lowest BCUT2D eigenvalue weighted by atomic mass is 9.95. The van der Waals surface area contributed by atoms with E-state index >= 15 is 0 Å². The van der Waals surface area contributed by atoms with Gasteiger partial charge in [-0.25, -0.2) is 0 Å². The summed E-state index contributed by atoms with van der Waals surface area (Å²) in [7, 11) is 2.02. The highest BCUT2D eigenvalue weighted by Gasteiger charge is 2.29. The quantitative estimate of drug-likeness (QED) is 0.838. The standard InChI is InChI=1S/C14H18BrN3OS/c1-16-11-6-4-2-3-5-10(11)14-17-13(18-19-14)12-7-9(15)8-20-12/h7-8,10-11,16H,2-6H2,1H3. The van der Waals surface area contributed by atoms with Gasteiger partial charge in [0, 0.05) is 15.9 Å². The van der Waals surface area contributed by atoms with Crippen molar-refractivity contribution in [2.45, 2.75) is 44.1 Å². The zero-order valence-electron chi connectivity index (χ0n) is 11.4. The van der Waals surface area contributed by atoms with Crippen molar-refractivity contribution in [1.82, 2.24) is 15.5 Å². The number of likely N-dealkylation sites (N-methyl/N-ethyl adjacent to an activating group) is 1. The van der Waals surface area contributed by atoms with Crippen LogP contribution in [0.4, 0.5) is 0 Å². The SMILES string of the molecule is CNC1CCCCCC1c1nc(-c2cc(Br)cs2)no1. The van der Waals surface area contributed by atoms with Crippen LogP contribution in [0.25, 0.3) is 10.7 Å². The molecule has 0 aromatic carbocycles. The number of nitrogens with one attached hydrogen (secondary N) is 1. The Morgan fingerprint density at radius 2 is 2.20 bits per heavy atom. The molecule has 2 unspecified atom stereocenters. The molecular formula is C14H18BrN3OS. The monoisotopic (exact) mass is 355 g/mol. The minimum atomic E-state index is 0.340. The number of nitrogens with zero attached hydrogens (tertiary/aromatic N) is 2. The average molecular weight is 356 g/mol. The molecule has 0 bridgehead atoms. The Morgan fingerprint density at radius 3 is 2.95 bits per heavy atom. The van der Waals surface area contributed by atoms with Gasteiger partial charge in [0.15, 0.2) is 0 Å². The summed E-state index contributed by atoms with van der Waals surface area (Å²) in [5, 5.41) is 9.60. The average Bonchev–Trinajstić information content (AvgIpc) is 3.02. The predicted octanol–water partition coefficient (Wildman–Crippen LogP) is 4.20. The maximum Gasteiger partial charge on any atom is 0.231 e. The van der Waals surface area contributed by atoms with E-state index in [1.165, 1.54) is 25.7 Å². The van der Waals surface area contributed by atoms with Crippen molar-refractivity contribution in [2.75, 3.05) is 7.05 Å². The molecule has 2 aromatic rings. The molecule has 2 heterocycles. The Balaban J connectivity index is 1.84. The molecule has 3 rings (SSSR count). The van der Waals surface area contributed by atoms with Gasteiger partial charge in [0.2, 0.25) is 11.7 Å². The Labute approximate surface area is 131 Å². The van der Waals surface area contributed by atoms with Crippen molar-refractivity contribution in [2.24, 2.45) is 0 Å². The minimum Gasteiger partial charge on any atom is -0.339 e. The zero-order chi connectivity index (χ0) is 13.9. The van der Waals surface area contributed by atoms with Gasteiger partial charge < -0.3 is 9.84 Å². The molecule has 1 aliphatic carbocycles. The summed E-state index contributed by atoms with van der Waals surface area (Å²) in [6.45, 7) is 0. The lowest BCUT2D eigenvalue weighted by Gasteiger charge is -2.20. The molecule has 4 nitrogen and oxygen atoms in total. The normalized spacial score (nSPS) is 23.7. The number of halogens is 1. The topological polar surface area (TPSA) is 51.0 Å². The highest BCUT2D eigenvalue weighted by atomic mass is 79.9. The summed E-state index contributed by atoms with van der Waals surface area (Å²) in [5.41, 5.74) is 0. The molecule has 1 N–H and O–H groups in total. The van der Waals surface area contributed by atoms with Crippen molar-refractivity contribution < 1.29 is 4.52 Å². The van der Waals surface area contributed by atoms with Crippen LogP contribution in [0.15, 0.2) is 20.4 Å². The van der Waals surface area contributed by atoms with Gasteiger partial charge in [0.05, 0.1) is 10.8 Å². The second-order valence-electron chi connectivity index (χ2n) is 5.23. The van der Waals surface area contributed by atoms with Crippen molar-refractivity contribution in [3.63, 3.8) is 0 Å². The van der Waals surface area contributed by atoms with Crippen molar-refractivity contribution in [3.05, 3.63) is 21.8 Å². The van der Waals surface area contributed by atoms with E-state index in [4.69, 9.17) is 4.52 Å². The van der Waals surface area contributed by atoms with E-state index in [0.717, 1.165) is 21.7 Å². The first-order chi connectivity index (χ1) is 9.78. The number of hydrogen-bond acceptors (Lipinski definition) is 5. The Morgan fingerprint density at radius 1 is 1.35 bits per heavy atom. The van der Waals surface area contributed by atoms with Gasteiger partial charge in [-0.3, -0.25) is 0 Å². The summed E-state index contributed by atoms with van der Waals surface area (Å²) >= 11 is 5.08. The molecule has 0 saturated heterocycles. The third-order valence-electron chi connectivity index (χ3n) is 3.93. The molecule has 0 amide bonds. The largest absolute Gasteiger partial charge is 0.339 e. The molecule has 2 aromatic heterocycles. The molecular weight excluding hydrogens is 338 g/mol. The smallest absolute Gasteiger partial charge is 0.231 e. The van der Waals surface area contributed by atoms with E-state index in [9.17, 15) is 0 Å². The third-order valence-corrected chi connectivity index (χ3v) is 5.62. The number of aromatic nitrogens is 2. The maximum atomic E-state index is 5.55. The van der Waals surface area contributed by atoms with Gasteiger partial charge in [-0.2, -0.15) is 4.98 Å². The Bertz CT molecular complexity index is 568. The fraction of sp³-hybridized carbons (Fsp3) is 0.571. The highest BCUT2D eigenvalue weighted by Crippen LogP contribution is 2.33. The van der Waals surface area contributed by atoms with Crippen LogP contribution in [-0.4, -0.2) is 23.2 Å². The maximum absolute atomic E-state index is 5.55. The fourth-order valence-electron chi connectivity index (χ4n) is 2.86. The van der Waals surface area contributed by atoms with E-state index < -0.39 is 0 Å². The molecule has 2 atom stereocenters. The van der Waals surface area contributed by atoms with Crippen molar-refractivity contribution >= 4 is 27.3 Å². The third kappa shape index (κ3) is 2.97. The number of thiophene rings is 1. The van der Waals surface area contributed by atoms with Crippen LogP contribution in [0.2, 0.25) is 0 Å². The van der Waals surface area contributed by atoms with Gasteiger partial charge in [0.1, 0.15) is 0 Å². The van der Waals surface area contributed by atoms with Crippen LogP contribution in [0.5, 0.6) is 0 Å². The van der Waals surface area contributed by atoms with E-state index in [0.29, 0.717) is 17.8 Å². The van der Waals surface area contributed by atoms with E-state index in [-0.39, 0.29) is 0 Å². The zero-order valence-corrected chi connectivity index (χ0v) is 13.8. The van der Waals surface area contributed by atoms with Gasteiger partial charge in [-0.05, 0) is 41.9 Å². The van der Waals surface area contributed by atoms with Gasteiger partial charge in [0.25, 0.3) is 0 Å². The van der Waals surface area contributed by atoms with Gasteiger partial charge in [-0.1, -0.05) is 24.4 Å². The van der Waals surface area contributed by atoms with Crippen molar-refractivity contribution in [3.8, 4) is 10.7 Å². The van der Waals surface area contributed by atoms with Crippen LogP contribution >= 0.6 is 27.3 Å². The summed E-state index contributed by atoms with van der Waals surface area (Å²) in [6, 6.07) is 2.47. The molecule has 1 fully saturated rings. The van der Waals surface area contributed by atoms with Crippen molar-refractivity contribution in [1.29, 1.82) is 0 Å². The summed E-state index contributed by atoms with van der Waals surface area (Å²) < 4.78 is 6.61. The molecule has 1 aliphatic rings. The lowest BCUT2D eigenvalue weighted by Crippen LogP contribution is -2.31. The second-order valence-corrected chi connectivity index (χ2v) is 7.05. The summed E-state index contributed by atoms with van der Waals surface area (Å²) in [5.74, 6) is 1.83. The van der Waals surface area contributed by atoms with E-state index in [1.807, 2.05) is 18.5 Å². The summed E-state index contributed by atoms with van der Waals surface area (Å²) in [6.07, 6.45) is 6.13. The molecule has 6 heteroatoms. The van der Waals surface area contributed by atoms with Crippen LogP contribution < -0.4 is 5.32 Å². The minimum absolute atomic E-state index is 0.340. The Hall–Kier alpha value is -0.720. The molecule has 108 valence electrons. The fourth-order valence-corrected chi connectivity index (χ4v) is 4.22. The molecule has 20 heavy (non-hydrogen) atoms. The first-order valence-corrected chi connectivity index (χ1v) is 8.70. The molecule has 0 radical (unpaired) electrons. The van der Waals surface area contributed by atoms with E-state index in [2.05, 4.69) is 31.4 Å². The summed E-state index contributed by atoms with van der Waals surface area (Å²) in [4.78, 5) is 5.67. The van der Waals surface area contributed by atoms with Gasteiger partial charge in [-0.15, -0.1) is 11.3 Å². The Kier molecular flexibility index (Phi) is 4.53. The predicted molar refractivity (Wildman–Crippen MR) is 84.0 cm³/mol. The molecule has 1 saturated carbocycles. The lowest BCUT2D eigenvalue weighted by molar-refractivity contribution is 0.311. The van der Waals surface area contributed by atoms with Gasteiger partial charge >= 0.3 is 0 Å². The number of hydrogen-bond donors (Lipinski definition) is 1. The van der Waals surface area contributed by atoms with E-state index in [1.54, 1.807) is 11.3 Å². The second kappa shape index (κ2) is 6.37. The highest BCUT2D eigenvalue weighted by molar-refractivity contribution is 9.10. The molecule has 0 spiro atoms. The number of rotatable bonds is 3. The molecule has 0 aliphatic heterocycles. The van der Waals surface area contributed by atoms with Crippen LogP contribution in [0, 0.1) is 0 Å². The first-order valence-electron chi connectivity index (χ1n) is 7.03. The first kappa shape index (κ1) is 14.2.